The molecule has 0 radical (unpaired) electrons. The summed E-state index contributed by atoms with van der Waals surface area (Å²) >= 11 is 0. The molecule has 0 bridgehead atoms. The standard InChI is InChI=1S/C15H23NO/c1-15(2,3)13-4-6-14(7-5-13)17-11-12-8-9-16-10-12/h4-7,12,16H,8-11H2,1-3H3. The summed E-state index contributed by atoms with van der Waals surface area (Å²) in [6, 6.07) is 8.51. The van der Waals surface area contributed by atoms with E-state index < -0.39 is 0 Å². The molecule has 1 aliphatic heterocycles. The summed E-state index contributed by atoms with van der Waals surface area (Å²) in [7, 11) is 0. The van der Waals surface area contributed by atoms with Crippen LogP contribution in [0.1, 0.15) is 32.8 Å². The molecule has 0 saturated carbocycles. The molecule has 2 heteroatoms. The zero-order valence-corrected chi connectivity index (χ0v) is 11.1. The van der Waals surface area contributed by atoms with Gasteiger partial charge in [-0.05, 0) is 36.1 Å². The summed E-state index contributed by atoms with van der Waals surface area (Å²) in [5.41, 5.74) is 1.57. The molecule has 1 aromatic carbocycles. The quantitative estimate of drug-likeness (QED) is 0.866. The van der Waals surface area contributed by atoms with E-state index in [2.05, 4.69) is 50.4 Å². The summed E-state index contributed by atoms with van der Waals surface area (Å²) < 4.78 is 5.82. The van der Waals surface area contributed by atoms with Crippen LogP contribution in [0.25, 0.3) is 0 Å². The first-order chi connectivity index (χ1) is 8.05. The zero-order valence-electron chi connectivity index (χ0n) is 11.1. The van der Waals surface area contributed by atoms with Gasteiger partial charge in [0.25, 0.3) is 0 Å². The monoisotopic (exact) mass is 233 g/mol. The van der Waals surface area contributed by atoms with E-state index in [1.165, 1.54) is 12.0 Å². The minimum absolute atomic E-state index is 0.216. The molecule has 0 amide bonds. The highest BCUT2D eigenvalue weighted by molar-refractivity contribution is 5.31. The van der Waals surface area contributed by atoms with Crippen molar-refractivity contribution >= 4 is 0 Å². The van der Waals surface area contributed by atoms with Crippen LogP contribution in [-0.4, -0.2) is 19.7 Å². The number of benzene rings is 1. The lowest BCUT2D eigenvalue weighted by molar-refractivity contribution is 0.260. The number of rotatable bonds is 3. The lowest BCUT2D eigenvalue weighted by atomic mass is 9.87. The molecule has 1 aliphatic rings. The molecule has 1 aromatic rings. The van der Waals surface area contributed by atoms with E-state index in [1.54, 1.807) is 0 Å². The molecule has 1 fully saturated rings. The summed E-state index contributed by atoms with van der Waals surface area (Å²) in [5.74, 6) is 1.67. The number of nitrogens with one attached hydrogen (secondary N) is 1. The molecule has 2 rings (SSSR count). The lowest BCUT2D eigenvalue weighted by Crippen LogP contribution is -2.15. The van der Waals surface area contributed by atoms with Crippen LogP contribution in [-0.2, 0) is 5.41 Å². The smallest absolute Gasteiger partial charge is 0.119 e. The van der Waals surface area contributed by atoms with Crippen LogP contribution >= 0.6 is 0 Å². The Balaban J connectivity index is 1.89. The highest BCUT2D eigenvalue weighted by Crippen LogP contribution is 2.24. The second-order valence-electron chi connectivity index (χ2n) is 5.94. The molecule has 1 N–H and O–H groups in total. The Morgan fingerprint density at radius 3 is 2.47 bits per heavy atom. The highest BCUT2D eigenvalue weighted by Gasteiger charge is 2.16. The van der Waals surface area contributed by atoms with Gasteiger partial charge in [-0.2, -0.15) is 0 Å². The van der Waals surface area contributed by atoms with Crippen molar-refractivity contribution in [3.63, 3.8) is 0 Å². The van der Waals surface area contributed by atoms with Gasteiger partial charge in [0.1, 0.15) is 5.75 Å². The Kier molecular flexibility index (Phi) is 3.72. The molecule has 0 aromatic heterocycles. The van der Waals surface area contributed by atoms with Crippen LogP contribution in [0.4, 0.5) is 0 Å². The maximum Gasteiger partial charge on any atom is 0.119 e. The second-order valence-corrected chi connectivity index (χ2v) is 5.94. The Bertz CT molecular complexity index is 344. The Morgan fingerprint density at radius 1 is 1.24 bits per heavy atom. The van der Waals surface area contributed by atoms with Crippen molar-refractivity contribution in [1.29, 1.82) is 0 Å². The van der Waals surface area contributed by atoms with E-state index in [0.717, 1.165) is 25.4 Å². The molecule has 1 saturated heterocycles. The minimum Gasteiger partial charge on any atom is -0.493 e. The van der Waals surface area contributed by atoms with Crippen LogP contribution in [0.5, 0.6) is 5.75 Å². The third-order valence-corrected chi connectivity index (χ3v) is 3.37. The number of hydrogen-bond acceptors (Lipinski definition) is 2. The van der Waals surface area contributed by atoms with E-state index >= 15 is 0 Å². The zero-order chi connectivity index (χ0) is 12.3. The fraction of sp³-hybridized carbons (Fsp3) is 0.600. The molecular weight excluding hydrogens is 210 g/mol. The highest BCUT2D eigenvalue weighted by atomic mass is 16.5. The maximum absolute atomic E-state index is 5.82. The Hall–Kier alpha value is -1.02. The van der Waals surface area contributed by atoms with E-state index in [1.807, 2.05) is 0 Å². The third-order valence-electron chi connectivity index (χ3n) is 3.37. The van der Waals surface area contributed by atoms with Gasteiger partial charge in [-0.1, -0.05) is 32.9 Å². The van der Waals surface area contributed by atoms with Gasteiger partial charge in [-0.15, -0.1) is 0 Å². The van der Waals surface area contributed by atoms with E-state index in [4.69, 9.17) is 4.74 Å². The molecule has 17 heavy (non-hydrogen) atoms. The normalized spacial score (nSPS) is 20.5. The van der Waals surface area contributed by atoms with Gasteiger partial charge in [-0.3, -0.25) is 0 Å². The summed E-state index contributed by atoms with van der Waals surface area (Å²) in [4.78, 5) is 0. The maximum atomic E-state index is 5.82. The number of ether oxygens (including phenoxy) is 1. The van der Waals surface area contributed by atoms with Crippen molar-refractivity contribution in [2.24, 2.45) is 5.92 Å². The first-order valence-electron chi connectivity index (χ1n) is 6.50. The first kappa shape index (κ1) is 12.4. The molecule has 2 nitrogen and oxygen atoms in total. The fourth-order valence-corrected chi connectivity index (χ4v) is 2.12. The van der Waals surface area contributed by atoms with Crippen molar-refractivity contribution in [3.05, 3.63) is 29.8 Å². The van der Waals surface area contributed by atoms with Crippen LogP contribution in [0.2, 0.25) is 0 Å². The van der Waals surface area contributed by atoms with Gasteiger partial charge in [0.2, 0.25) is 0 Å². The lowest BCUT2D eigenvalue weighted by Gasteiger charge is -2.19. The Morgan fingerprint density at radius 2 is 1.94 bits per heavy atom. The van der Waals surface area contributed by atoms with Crippen molar-refractivity contribution in [2.45, 2.75) is 32.6 Å². The molecule has 1 heterocycles. The predicted molar refractivity (Wildman–Crippen MR) is 71.6 cm³/mol. The topological polar surface area (TPSA) is 21.3 Å². The molecule has 1 unspecified atom stereocenters. The first-order valence-corrected chi connectivity index (χ1v) is 6.50. The number of hydrogen-bond donors (Lipinski definition) is 1. The largest absolute Gasteiger partial charge is 0.493 e. The van der Waals surface area contributed by atoms with Crippen LogP contribution in [0.15, 0.2) is 24.3 Å². The van der Waals surface area contributed by atoms with Gasteiger partial charge in [0.15, 0.2) is 0 Å². The van der Waals surface area contributed by atoms with Crippen molar-refractivity contribution in [3.8, 4) is 5.75 Å². The van der Waals surface area contributed by atoms with Gasteiger partial charge in [0.05, 0.1) is 6.61 Å². The van der Waals surface area contributed by atoms with E-state index in [0.29, 0.717) is 5.92 Å². The summed E-state index contributed by atoms with van der Waals surface area (Å²) in [5, 5.41) is 3.36. The molecule has 94 valence electrons. The Labute approximate surface area is 104 Å². The van der Waals surface area contributed by atoms with Gasteiger partial charge in [0, 0.05) is 12.5 Å². The van der Waals surface area contributed by atoms with Gasteiger partial charge < -0.3 is 10.1 Å². The minimum atomic E-state index is 0.216. The molecule has 1 atom stereocenters. The summed E-state index contributed by atoms with van der Waals surface area (Å²) in [6.07, 6.45) is 1.24. The van der Waals surface area contributed by atoms with Crippen molar-refractivity contribution in [2.75, 3.05) is 19.7 Å². The van der Waals surface area contributed by atoms with Crippen molar-refractivity contribution in [1.82, 2.24) is 5.32 Å². The average molecular weight is 233 g/mol. The third kappa shape index (κ3) is 3.47. The second kappa shape index (κ2) is 5.09. The summed E-state index contributed by atoms with van der Waals surface area (Å²) in [6.45, 7) is 9.76. The van der Waals surface area contributed by atoms with E-state index in [9.17, 15) is 0 Å². The molecule has 0 spiro atoms. The van der Waals surface area contributed by atoms with Crippen LogP contribution in [0, 0.1) is 5.92 Å². The van der Waals surface area contributed by atoms with Crippen molar-refractivity contribution < 1.29 is 4.74 Å². The van der Waals surface area contributed by atoms with E-state index in [-0.39, 0.29) is 5.41 Å². The molecule has 0 aliphatic carbocycles. The fourth-order valence-electron chi connectivity index (χ4n) is 2.12. The SMILES string of the molecule is CC(C)(C)c1ccc(OCC2CCNC2)cc1. The van der Waals surface area contributed by atoms with Gasteiger partial charge >= 0.3 is 0 Å². The predicted octanol–water partition coefficient (Wildman–Crippen LogP) is 2.97. The van der Waals surface area contributed by atoms with Crippen LogP contribution < -0.4 is 10.1 Å². The average Bonchev–Trinajstić information content (AvgIpc) is 2.78. The molecular formula is C15H23NO. The van der Waals surface area contributed by atoms with Gasteiger partial charge in [-0.25, -0.2) is 0 Å². The van der Waals surface area contributed by atoms with Crippen LogP contribution in [0.3, 0.4) is 0 Å².